The van der Waals surface area contributed by atoms with Gasteiger partial charge in [0.05, 0.1) is 12.2 Å². The molecule has 0 aliphatic heterocycles. The van der Waals surface area contributed by atoms with Crippen molar-refractivity contribution in [2.45, 2.75) is 105 Å². The summed E-state index contributed by atoms with van der Waals surface area (Å²) in [5.41, 5.74) is 0.283. The molecule has 5 fully saturated rings. The van der Waals surface area contributed by atoms with Gasteiger partial charge in [-0.2, -0.15) is 0 Å². The highest BCUT2D eigenvalue weighted by Gasteiger charge is 2.77. The van der Waals surface area contributed by atoms with Gasteiger partial charge in [-0.15, -0.1) is 0 Å². The minimum atomic E-state index is -2.14. The van der Waals surface area contributed by atoms with E-state index < -0.39 is 30.9 Å². The normalized spacial score (nSPS) is 54.7. The van der Waals surface area contributed by atoms with Crippen molar-refractivity contribution in [1.82, 2.24) is 0 Å². The second-order valence-electron chi connectivity index (χ2n) is 13.0. The van der Waals surface area contributed by atoms with Gasteiger partial charge in [-0.25, -0.2) is 0 Å². The maximum absolute atomic E-state index is 13.5. The molecule has 5 rings (SSSR count). The molecule has 3 heteroatoms. The number of carbonyl (C=O) groups excluding carboxylic acids is 1. The Hall–Kier alpha value is -0.410. The predicted octanol–water partition coefficient (Wildman–Crippen LogP) is 5.47. The SMILES string of the molecule is [2H]C([2H])([2H])C(C)[C@H](C)[C@@H](O)[C@H](O)[C@@H](C)[C@H]1CC[C@H]2[C@@H]3CC(=O)[C@]45C[C@H]4CC[C@]5(C)[C@H]3CC[C@]12C. The van der Waals surface area contributed by atoms with E-state index >= 15 is 0 Å². The van der Waals surface area contributed by atoms with Crippen LogP contribution in [0.4, 0.5) is 0 Å². The van der Waals surface area contributed by atoms with E-state index in [4.69, 9.17) is 4.11 Å². The summed E-state index contributed by atoms with van der Waals surface area (Å²) in [7, 11) is 0. The van der Waals surface area contributed by atoms with Crippen molar-refractivity contribution in [3.63, 3.8) is 0 Å². The lowest BCUT2D eigenvalue weighted by atomic mass is 9.45. The third-order valence-corrected chi connectivity index (χ3v) is 12.2. The number of hydrogen-bond acceptors (Lipinski definition) is 3. The summed E-state index contributed by atoms with van der Waals surface area (Å²) in [5, 5.41) is 22.2. The highest BCUT2D eigenvalue weighted by molar-refractivity contribution is 5.91. The fourth-order valence-corrected chi connectivity index (χ4v) is 10.1. The van der Waals surface area contributed by atoms with Crippen LogP contribution in [0.2, 0.25) is 0 Å². The van der Waals surface area contributed by atoms with Crippen LogP contribution in [-0.4, -0.2) is 28.2 Å². The predicted molar refractivity (Wildman–Crippen MR) is 123 cm³/mol. The van der Waals surface area contributed by atoms with E-state index in [1.165, 1.54) is 19.3 Å². The van der Waals surface area contributed by atoms with Crippen molar-refractivity contribution in [3.05, 3.63) is 0 Å². The first kappa shape index (κ1) is 19.0. The minimum absolute atomic E-state index is 0.0170. The number of aliphatic hydroxyl groups is 2. The molecular weight excluding hydrogens is 384 g/mol. The van der Waals surface area contributed by atoms with E-state index in [2.05, 4.69) is 20.8 Å². The monoisotopic (exact) mass is 433 g/mol. The summed E-state index contributed by atoms with van der Waals surface area (Å²) in [6, 6.07) is 0. The van der Waals surface area contributed by atoms with Crippen LogP contribution < -0.4 is 0 Å². The molecule has 1 unspecified atom stereocenters. The number of hydrogen-bond donors (Lipinski definition) is 2. The Morgan fingerprint density at radius 1 is 1.00 bits per heavy atom. The number of ketones is 1. The van der Waals surface area contributed by atoms with E-state index in [0.29, 0.717) is 29.5 Å². The van der Waals surface area contributed by atoms with Crippen molar-refractivity contribution >= 4 is 5.78 Å². The summed E-state index contributed by atoms with van der Waals surface area (Å²) in [6.07, 6.45) is 6.84. The molecule has 0 aromatic heterocycles. The molecule has 13 atom stereocenters. The van der Waals surface area contributed by atoms with Gasteiger partial charge in [0.1, 0.15) is 5.78 Å². The van der Waals surface area contributed by atoms with Crippen LogP contribution in [-0.2, 0) is 4.79 Å². The number of aliphatic hydroxyl groups excluding tert-OH is 2. The molecule has 1 spiro atoms. The van der Waals surface area contributed by atoms with Gasteiger partial charge in [-0.3, -0.25) is 4.79 Å². The maximum atomic E-state index is 13.5. The summed E-state index contributed by atoms with van der Waals surface area (Å²) >= 11 is 0. The zero-order chi connectivity index (χ0) is 25.0. The Kier molecular flexibility index (Phi) is 4.31. The lowest BCUT2D eigenvalue weighted by molar-refractivity contribution is -0.153. The Balaban J connectivity index is 1.34. The van der Waals surface area contributed by atoms with Gasteiger partial charge in [-0.1, -0.05) is 41.5 Å². The lowest BCUT2D eigenvalue weighted by Crippen LogP contribution is -2.55. The maximum Gasteiger partial charge on any atom is 0.140 e. The molecule has 176 valence electrons. The Morgan fingerprint density at radius 3 is 2.42 bits per heavy atom. The van der Waals surface area contributed by atoms with Gasteiger partial charge < -0.3 is 10.2 Å². The Morgan fingerprint density at radius 2 is 1.74 bits per heavy atom. The van der Waals surface area contributed by atoms with Crippen LogP contribution >= 0.6 is 0 Å². The van der Waals surface area contributed by atoms with Crippen LogP contribution in [0.3, 0.4) is 0 Å². The fourth-order valence-electron chi connectivity index (χ4n) is 10.1. The molecule has 0 amide bonds. The largest absolute Gasteiger partial charge is 0.390 e. The van der Waals surface area contributed by atoms with Gasteiger partial charge in [-0.05, 0) is 103 Å². The topological polar surface area (TPSA) is 57.5 Å². The molecule has 5 saturated carbocycles. The Bertz CT molecular complexity index is 843. The molecule has 0 aromatic carbocycles. The van der Waals surface area contributed by atoms with E-state index in [1.54, 1.807) is 13.8 Å². The van der Waals surface area contributed by atoms with Crippen LogP contribution in [0.25, 0.3) is 0 Å². The average Bonchev–Trinajstić information content (AvgIpc) is 3.30. The second-order valence-corrected chi connectivity index (χ2v) is 13.0. The van der Waals surface area contributed by atoms with E-state index in [-0.39, 0.29) is 28.1 Å². The molecule has 0 saturated heterocycles. The average molecular weight is 434 g/mol. The lowest BCUT2D eigenvalue weighted by Gasteiger charge is -2.58. The van der Waals surface area contributed by atoms with Crippen molar-refractivity contribution in [1.29, 1.82) is 0 Å². The standard InChI is InChI=1S/C28H46O3/c1-15(2)16(3)24(30)25(31)17(4)20-7-8-21-19-13-23(29)28-14-18(28)9-12-27(28,6)22(19)10-11-26(20,21)5/h15-22,24-25,30-31H,7-14H2,1-6H3/t16-,17-,18+,19-,20+,21-,22-,24+,25+,26+,27+,28-/m0/s1/i1D3/t15?,16-,17-,18+,19-,20+,21-,22-,24+,25+,26+,27+,28-. The molecule has 0 bridgehead atoms. The first-order valence-corrected chi connectivity index (χ1v) is 13.1. The van der Waals surface area contributed by atoms with Crippen LogP contribution in [0.15, 0.2) is 0 Å². The first-order chi connectivity index (χ1) is 15.7. The minimum Gasteiger partial charge on any atom is -0.390 e. The van der Waals surface area contributed by atoms with Gasteiger partial charge in [0, 0.05) is 15.9 Å². The molecule has 0 heterocycles. The summed E-state index contributed by atoms with van der Waals surface area (Å²) < 4.78 is 23.2. The molecule has 2 N–H and O–H groups in total. The second kappa shape index (κ2) is 7.05. The highest BCUT2D eigenvalue weighted by Crippen LogP contribution is 2.80. The summed E-state index contributed by atoms with van der Waals surface area (Å²) in [4.78, 5) is 13.5. The van der Waals surface area contributed by atoms with Gasteiger partial charge in [0.15, 0.2) is 0 Å². The van der Waals surface area contributed by atoms with Crippen molar-refractivity contribution in [2.75, 3.05) is 0 Å². The molecule has 3 nitrogen and oxygen atoms in total. The zero-order valence-electron chi connectivity index (χ0n) is 23.2. The smallest absolute Gasteiger partial charge is 0.140 e. The van der Waals surface area contributed by atoms with E-state index in [9.17, 15) is 15.0 Å². The van der Waals surface area contributed by atoms with Gasteiger partial charge in [0.25, 0.3) is 0 Å². The molecule has 31 heavy (non-hydrogen) atoms. The van der Waals surface area contributed by atoms with E-state index in [0.717, 1.165) is 32.1 Å². The van der Waals surface area contributed by atoms with E-state index in [1.807, 2.05) is 0 Å². The van der Waals surface area contributed by atoms with Crippen molar-refractivity contribution in [3.8, 4) is 0 Å². The third-order valence-electron chi connectivity index (χ3n) is 12.2. The van der Waals surface area contributed by atoms with Gasteiger partial charge in [0.2, 0.25) is 0 Å². The zero-order valence-corrected chi connectivity index (χ0v) is 20.2. The number of carbonyl (C=O) groups is 1. The summed E-state index contributed by atoms with van der Waals surface area (Å²) in [6.45, 7) is 8.14. The molecular formula is C28H46O3. The fraction of sp³-hybridized carbons (Fsp3) is 0.964. The highest BCUT2D eigenvalue weighted by atomic mass is 16.3. The van der Waals surface area contributed by atoms with Gasteiger partial charge >= 0.3 is 0 Å². The molecule has 5 aliphatic rings. The number of fused-ring (bicyclic) bond motifs is 4. The van der Waals surface area contributed by atoms with Crippen molar-refractivity contribution in [2.24, 2.45) is 63.6 Å². The molecule has 0 radical (unpaired) electrons. The molecule has 0 aromatic rings. The summed E-state index contributed by atoms with van der Waals surface area (Å²) in [5.74, 6) is 1.85. The van der Waals surface area contributed by atoms with Crippen LogP contribution in [0.5, 0.6) is 0 Å². The van der Waals surface area contributed by atoms with Crippen LogP contribution in [0, 0.1) is 63.6 Å². The number of Topliss-reactive ketones (excluding diaryl/α,β-unsaturated/α-hetero) is 1. The number of rotatable bonds is 5. The Labute approximate surface area is 194 Å². The molecule has 5 aliphatic carbocycles. The van der Waals surface area contributed by atoms with Crippen molar-refractivity contribution < 1.29 is 19.1 Å². The first-order valence-electron chi connectivity index (χ1n) is 14.6. The van der Waals surface area contributed by atoms with Crippen LogP contribution in [0.1, 0.15) is 96.9 Å². The quantitative estimate of drug-likeness (QED) is 0.604. The third kappa shape index (κ3) is 2.74.